The molecule has 0 aliphatic rings. The largest absolute Gasteiger partial charge is 0.396 e. The van der Waals surface area contributed by atoms with Gasteiger partial charge in [-0.1, -0.05) is 0 Å². The molecule has 1 unspecified atom stereocenters. The quantitative estimate of drug-likeness (QED) is 0.312. The molecule has 0 amide bonds. The Morgan fingerprint density at radius 1 is 0.630 bits per heavy atom. The van der Waals surface area contributed by atoms with Crippen LogP contribution in [0.15, 0.2) is 0 Å². The van der Waals surface area contributed by atoms with Crippen LogP contribution in [-0.4, -0.2) is 69.8 Å². The molecule has 27 heavy (non-hydrogen) atoms. The van der Waals surface area contributed by atoms with Gasteiger partial charge in [0, 0.05) is 31.7 Å². The van der Waals surface area contributed by atoms with Crippen LogP contribution in [0.3, 0.4) is 0 Å². The normalized spacial score (nSPS) is 12.6. The highest BCUT2D eigenvalue weighted by atomic mass is 16.3. The summed E-state index contributed by atoms with van der Waals surface area (Å²) in [5.41, 5.74) is -2.69. The van der Waals surface area contributed by atoms with E-state index in [1.807, 2.05) is 0 Å². The summed E-state index contributed by atoms with van der Waals surface area (Å²) in [7, 11) is 0. The lowest BCUT2D eigenvalue weighted by molar-refractivity contribution is -0.158. The monoisotopic (exact) mass is 386 g/mol. The van der Waals surface area contributed by atoms with Gasteiger partial charge in [-0.05, 0) is 20.8 Å². The van der Waals surface area contributed by atoms with Crippen molar-refractivity contribution in [3.63, 3.8) is 0 Å². The second-order valence-electron chi connectivity index (χ2n) is 6.63. The Bertz CT molecular complexity index is 547. The third kappa shape index (κ3) is 5.95. The van der Waals surface area contributed by atoms with Crippen LogP contribution in [0.2, 0.25) is 0 Å². The molecule has 0 fully saturated rings. The number of aliphatic hydroxyl groups is 3. The zero-order valence-electron chi connectivity index (χ0n) is 15.7. The highest BCUT2D eigenvalue weighted by Crippen LogP contribution is 2.39. The van der Waals surface area contributed by atoms with E-state index in [1.165, 1.54) is 0 Å². The molecule has 0 radical (unpaired) electrons. The van der Waals surface area contributed by atoms with Gasteiger partial charge in [-0.2, -0.15) is 0 Å². The minimum Gasteiger partial charge on any atom is -0.396 e. The first-order valence-corrected chi connectivity index (χ1v) is 8.39. The lowest BCUT2D eigenvalue weighted by Crippen LogP contribution is -2.57. The van der Waals surface area contributed by atoms with Crippen LogP contribution in [-0.2, 0) is 28.8 Å². The average Bonchev–Trinajstić information content (AvgIpc) is 2.52. The summed E-state index contributed by atoms with van der Waals surface area (Å²) < 4.78 is 0. The molecule has 0 aliphatic heterocycles. The zero-order chi connectivity index (χ0) is 21.4. The molecule has 1 atom stereocenters. The summed E-state index contributed by atoms with van der Waals surface area (Å²) in [6.07, 6.45) is -2.52. The van der Waals surface area contributed by atoms with E-state index < -0.39 is 91.0 Å². The van der Waals surface area contributed by atoms with E-state index in [-0.39, 0.29) is 0 Å². The number of Topliss-reactive ketones (excluding diaryl/α,β-unsaturated/α-hetero) is 6. The Hall–Kier alpha value is -2.10. The SMILES string of the molecule is CC(=O)CC(=O)C(C(=O)CC(C)=O)(C(=O)CC(C)=O)C(CO)C(CO)CO. The van der Waals surface area contributed by atoms with Gasteiger partial charge in [0.05, 0.1) is 19.3 Å². The molecule has 0 aromatic heterocycles. The lowest BCUT2D eigenvalue weighted by Gasteiger charge is -2.39. The molecule has 0 bridgehead atoms. The van der Waals surface area contributed by atoms with Crippen molar-refractivity contribution in [3.05, 3.63) is 0 Å². The van der Waals surface area contributed by atoms with Gasteiger partial charge in [-0.15, -0.1) is 0 Å². The minimum absolute atomic E-state index is 0.670. The van der Waals surface area contributed by atoms with E-state index in [0.717, 1.165) is 20.8 Å². The van der Waals surface area contributed by atoms with E-state index in [9.17, 15) is 44.1 Å². The number of hydrogen-bond donors (Lipinski definition) is 3. The Balaban J connectivity index is 6.77. The maximum atomic E-state index is 12.9. The van der Waals surface area contributed by atoms with Gasteiger partial charge in [0.2, 0.25) is 0 Å². The molecule has 0 rings (SSSR count). The second-order valence-corrected chi connectivity index (χ2v) is 6.63. The number of aliphatic hydroxyl groups excluding tert-OH is 3. The topological polar surface area (TPSA) is 163 Å². The molecule has 0 spiro atoms. The van der Waals surface area contributed by atoms with Crippen molar-refractivity contribution in [1.82, 2.24) is 0 Å². The molecule has 9 heteroatoms. The zero-order valence-corrected chi connectivity index (χ0v) is 15.7. The predicted octanol–water partition coefficient (Wildman–Crippen LogP) is -1.17. The molecule has 9 nitrogen and oxygen atoms in total. The summed E-state index contributed by atoms with van der Waals surface area (Å²) >= 11 is 0. The van der Waals surface area contributed by atoms with Crippen molar-refractivity contribution in [3.8, 4) is 0 Å². The third-order valence-electron chi connectivity index (χ3n) is 4.34. The van der Waals surface area contributed by atoms with Gasteiger partial charge in [-0.3, -0.25) is 28.8 Å². The van der Waals surface area contributed by atoms with Gasteiger partial charge in [-0.25, -0.2) is 0 Å². The van der Waals surface area contributed by atoms with E-state index in [2.05, 4.69) is 0 Å². The molecule has 0 saturated carbocycles. The molecular formula is C18H26O9. The summed E-state index contributed by atoms with van der Waals surface area (Å²) in [5, 5.41) is 28.8. The van der Waals surface area contributed by atoms with Crippen molar-refractivity contribution in [2.75, 3.05) is 19.8 Å². The number of hydrogen-bond acceptors (Lipinski definition) is 9. The molecule has 0 heterocycles. The van der Waals surface area contributed by atoms with Crippen LogP contribution < -0.4 is 0 Å². The fourth-order valence-corrected chi connectivity index (χ4v) is 3.14. The number of carbonyl (C=O) groups excluding carboxylic acids is 6. The van der Waals surface area contributed by atoms with Gasteiger partial charge >= 0.3 is 0 Å². The fourth-order valence-electron chi connectivity index (χ4n) is 3.14. The fraction of sp³-hybridized carbons (Fsp3) is 0.667. The first kappa shape index (κ1) is 24.9. The number of ketones is 6. The van der Waals surface area contributed by atoms with Gasteiger partial charge < -0.3 is 15.3 Å². The smallest absolute Gasteiger partial charge is 0.161 e. The molecule has 0 aromatic rings. The van der Waals surface area contributed by atoms with Gasteiger partial charge in [0.25, 0.3) is 0 Å². The van der Waals surface area contributed by atoms with Gasteiger partial charge in [0.15, 0.2) is 22.8 Å². The van der Waals surface area contributed by atoms with Crippen molar-refractivity contribution in [2.24, 2.45) is 17.3 Å². The van der Waals surface area contributed by atoms with Crippen LogP contribution >= 0.6 is 0 Å². The van der Waals surface area contributed by atoms with Crippen LogP contribution in [0, 0.1) is 17.3 Å². The highest BCUT2D eigenvalue weighted by molar-refractivity contribution is 6.30. The average molecular weight is 386 g/mol. The van der Waals surface area contributed by atoms with Crippen LogP contribution in [0.1, 0.15) is 40.0 Å². The van der Waals surface area contributed by atoms with E-state index in [4.69, 9.17) is 0 Å². The number of rotatable bonds is 14. The molecular weight excluding hydrogens is 360 g/mol. The van der Waals surface area contributed by atoms with Crippen molar-refractivity contribution >= 4 is 34.7 Å². The second kappa shape index (κ2) is 10.9. The van der Waals surface area contributed by atoms with Crippen LogP contribution in [0.5, 0.6) is 0 Å². The number of carbonyl (C=O) groups is 6. The summed E-state index contributed by atoms with van der Waals surface area (Å²) in [6.45, 7) is 0.628. The standard InChI is InChI=1S/C18H26O9/c1-10(22)4-15(25)18(16(26)5-11(2)23,17(27)6-12(3)24)14(9-21)13(7-19)8-20/h13-14,19-21H,4-9H2,1-3H3. The van der Waals surface area contributed by atoms with Crippen LogP contribution in [0.25, 0.3) is 0 Å². The molecule has 152 valence electrons. The highest BCUT2D eigenvalue weighted by Gasteiger charge is 2.58. The molecule has 0 saturated heterocycles. The van der Waals surface area contributed by atoms with Crippen molar-refractivity contribution in [2.45, 2.75) is 40.0 Å². The predicted molar refractivity (Wildman–Crippen MR) is 91.6 cm³/mol. The van der Waals surface area contributed by atoms with Gasteiger partial charge in [0.1, 0.15) is 17.3 Å². The summed E-state index contributed by atoms with van der Waals surface area (Å²) in [4.78, 5) is 73.1. The van der Waals surface area contributed by atoms with Crippen molar-refractivity contribution < 1.29 is 44.1 Å². The first-order valence-electron chi connectivity index (χ1n) is 8.39. The maximum Gasteiger partial charge on any atom is 0.161 e. The molecule has 0 aliphatic carbocycles. The lowest BCUT2D eigenvalue weighted by atomic mass is 9.60. The Morgan fingerprint density at radius 2 is 0.926 bits per heavy atom. The maximum absolute atomic E-state index is 12.9. The summed E-state index contributed by atoms with van der Waals surface area (Å²) in [5.74, 6) is -8.38. The van der Waals surface area contributed by atoms with E-state index in [1.54, 1.807) is 0 Å². The van der Waals surface area contributed by atoms with Crippen LogP contribution in [0.4, 0.5) is 0 Å². The third-order valence-corrected chi connectivity index (χ3v) is 4.34. The minimum atomic E-state index is -2.69. The van der Waals surface area contributed by atoms with E-state index in [0.29, 0.717) is 0 Å². The first-order chi connectivity index (χ1) is 12.5. The van der Waals surface area contributed by atoms with Crippen molar-refractivity contribution in [1.29, 1.82) is 0 Å². The van der Waals surface area contributed by atoms with E-state index >= 15 is 0 Å². The Kier molecular flexibility index (Phi) is 10.1. The molecule has 0 aromatic carbocycles. The molecule has 3 N–H and O–H groups in total. The Morgan fingerprint density at radius 3 is 1.11 bits per heavy atom. The summed E-state index contributed by atoms with van der Waals surface area (Å²) in [6, 6.07) is 0. The Labute approximate surface area is 156 Å².